The Hall–Kier alpha value is -1.63. The van der Waals surface area contributed by atoms with E-state index < -0.39 is 12.0 Å². The molecule has 4 nitrogen and oxygen atoms in total. The first-order chi connectivity index (χ1) is 11.0. The zero-order chi connectivity index (χ0) is 16.1. The number of anilines is 1. The number of halogens is 2. The molecule has 2 atom stereocenters. The maximum atomic E-state index is 14.1. The number of likely N-dealkylation sites (N-methyl/N-ethyl adjacent to an activating group) is 1. The van der Waals surface area contributed by atoms with Crippen LogP contribution in [-0.4, -0.2) is 19.5 Å². The molecule has 1 aromatic heterocycles. The molecular formula is C16H16ClFN3OS+. The van der Waals surface area contributed by atoms with E-state index in [1.54, 1.807) is 23.5 Å². The zero-order valence-corrected chi connectivity index (χ0v) is 14.1. The third-order valence-corrected chi connectivity index (χ3v) is 5.91. The number of carbonyl (C=O) groups excluding carboxylic acids is 1. The van der Waals surface area contributed by atoms with Crippen molar-refractivity contribution in [2.24, 2.45) is 0 Å². The molecule has 2 aliphatic rings. The van der Waals surface area contributed by atoms with Gasteiger partial charge in [-0.15, -0.1) is 11.3 Å². The quantitative estimate of drug-likeness (QED) is 0.734. The Kier molecular flexibility index (Phi) is 3.55. The van der Waals surface area contributed by atoms with Crippen LogP contribution in [0.5, 0.6) is 0 Å². The second-order valence-corrected chi connectivity index (χ2v) is 7.54. The van der Waals surface area contributed by atoms with Crippen molar-refractivity contribution < 1.29 is 14.1 Å². The van der Waals surface area contributed by atoms with Gasteiger partial charge in [-0.1, -0.05) is 17.7 Å². The number of amides is 1. The highest BCUT2D eigenvalue weighted by Crippen LogP contribution is 2.40. The van der Waals surface area contributed by atoms with Crippen molar-refractivity contribution in [2.75, 3.05) is 18.9 Å². The summed E-state index contributed by atoms with van der Waals surface area (Å²) in [6.07, 6.45) is 0.251. The lowest BCUT2D eigenvalue weighted by atomic mass is 10.0. The molecule has 0 spiro atoms. The molecular weight excluding hydrogens is 337 g/mol. The molecule has 0 radical (unpaired) electrons. The van der Waals surface area contributed by atoms with Crippen molar-refractivity contribution in [1.82, 2.24) is 5.32 Å². The van der Waals surface area contributed by atoms with Gasteiger partial charge in [-0.3, -0.25) is 4.79 Å². The van der Waals surface area contributed by atoms with Gasteiger partial charge in [0.2, 0.25) is 0 Å². The molecule has 0 aliphatic carbocycles. The first-order valence-corrected chi connectivity index (χ1v) is 8.71. The highest BCUT2D eigenvalue weighted by molar-refractivity contribution is 7.16. The molecule has 3 N–H and O–H groups in total. The minimum Gasteiger partial charge on any atom is -0.352 e. The molecule has 1 amide bonds. The van der Waals surface area contributed by atoms with Crippen molar-refractivity contribution >= 4 is 33.8 Å². The van der Waals surface area contributed by atoms with Crippen LogP contribution in [0.25, 0.3) is 0 Å². The molecule has 2 aromatic rings. The Balaban J connectivity index is 1.75. The van der Waals surface area contributed by atoms with Crippen LogP contribution in [-0.2, 0) is 13.0 Å². The van der Waals surface area contributed by atoms with Crippen LogP contribution in [0, 0.1) is 5.82 Å². The predicted octanol–water partition coefficient (Wildman–Crippen LogP) is 1.97. The molecule has 1 aromatic carbocycles. The fraction of sp³-hybridized carbons (Fsp3) is 0.312. The van der Waals surface area contributed by atoms with Crippen molar-refractivity contribution in [3.63, 3.8) is 0 Å². The van der Waals surface area contributed by atoms with Crippen LogP contribution >= 0.6 is 22.9 Å². The third-order valence-electron chi connectivity index (χ3n) is 4.42. The molecule has 7 heteroatoms. The van der Waals surface area contributed by atoms with E-state index in [1.807, 2.05) is 0 Å². The Morgan fingerprint density at radius 1 is 1.39 bits per heavy atom. The van der Waals surface area contributed by atoms with E-state index in [0.717, 1.165) is 35.6 Å². The van der Waals surface area contributed by atoms with Gasteiger partial charge in [-0.05, 0) is 17.7 Å². The SMILES string of the molecule is C[NH+]1CCc2c(sc3c2C(=O)N[C@H](c2c(F)cccc2Cl)N3)C1. The second kappa shape index (κ2) is 5.47. The molecule has 1 unspecified atom stereocenters. The fourth-order valence-corrected chi connectivity index (χ4v) is 4.92. The van der Waals surface area contributed by atoms with Crippen LogP contribution < -0.4 is 15.5 Å². The summed E-state index contributed by atoms with van der Waals surface area (Å²) in [5, 5.41) is 7.21. The van der Waals surface area contributed by atoms with E-state index in [1.165, 1.54) is 15.8 Å². The van der Waals surface area contributed by atoms with Gasteiger partial charge in [-0.25, -0.2) is 4.39 Å². The summed E-state index contributed by atoms with van der Waals surface area (Å²) >= 11 is 7.72. The van der Waals surface area contributed by atoms with Crippen molar-refractivity contribution in [1.29, 1.82) is 0 Å². The van der Waals surface area contributed by atoms with Gasteiger partial charge in [0.15, 0.2) is 0 Å². The number of carbonyl (C=O) groups is 1. The monoisotopic (exact) mass is 352 g/mol. The standard InChI is InChI=1S/C16H15ClFN3OS/c1-21-6-5-8-11(7-21)23-16-12(8)15(22)19-14(20-16)13-9(17)3-2-4-10(13)18/h2-4,14,20H,5-7H2,1H3,(H,19,22)/p+1/t14-/m0/s1. The summed E-state index contributed by atoms with van der Waals surface area (Å²) in [7, 11) is 2.15. The van der Waals surface area contributed by atoms with E-state index >= 15 is 0 Å². The van der Waals surface area contributed by atoms with Crippen LogP contribution in [0.2, 0.25) is 5.02 Å². The predicted molar refractivity (Wildman–Crippen MR) is 88.7 cm³/mol. The molecule has 0 fully saturated rings. The Bertz CT molecular complexity index is 787. The lowest BCUT2D eigenvalue weighted by Crippen LogP contribution is -3.08. The number of hydrogen-bond donors (Lipinski definition) is 3. The minimum absolute atomic E-state index is 0.153. The highest BCUT2D eigenvalue weighted by atomic mass is 35.5. The van der Waals surface area contributed by atoms with Gasteiger partial charge in [0.1, 0.15) is 23.5 Å². The van der Waals surface area contributed by atoms with Gasteiger partial charge in [-0.2, -0.15) is 0 Å². The van der Waals surface area contributed by atoms with Gasteiger partial charge >= 0.3 is 0 Å². The van der Waals surface area contributed by atoms with Crippen molar-refractivity contribution in [3.8, 4) is 0 Å². The normalized spacial score (nSPS) is 22.8. The maximum absolute atomic E-state index is 14.1. The topological polar surface area (TPSA) is 45.6 Å². The van der Waals surface area contributed by atoms with Gasteiger partial charge in [0.25, 0.3) is 5.91 Å². The largest absolute Gasteiger partial charge is 0.352 e. The zero-order valence-electron chi connectivity index (χ0n) is 12.5. The second-order valence-electron chi connectivity index (χ2n) is 6.03. The van der Waals surface area contributed by atoms with E-state index in [9.17, 15) is 9.18 Å². The number of rotatable bonds is 1. The summed E-state index contributed by atoms with van der Waals surface area (Å²) in [5.74, 6) is -0.579. The summed E-state index contributed by atoms with van der Waals surface area (Å²) < 4.78 is 14.1. The molecule has 0 saturated carbocycles. The summed E-state index contributed by atoms with van der Waals surface area (Å²) in [5.41, 5.74) is 2.14. The number of benzene rings is 1. The number of quaternary nitrogens is 1. The van der Waals surface area contributed by atoms with Crippen LogP contribution in [0.15, 0.2) is 18.2 Å². The highest BCUT2D eigenvalue weighted by Gasteiger charge is 2.35. The molecule has 23 heavy (non-hydrogen) atoms. The molecule has 0 saturated heterocycles. The molecule has 120 valence electrons. The van der Waals surface area contributed by atoms with E-state index in [-0.39, 0.29) is 11.5 Å². The smallest absolute Gasteiger partial charge is 0.256 e. The van der Waals surface area contributed by atoms with E-state index in [4.69, 9.17) is 11.6 Å². The fourth-order valence-electron chi connectivity index (χ4n) is 3.26. The van der Waals surface area contributed by atoms with Crippen LogP contribution in [0.4, 0.5) is 9.39 Å². The first kappa shape index (κ1) is 14.9. The van der Waals surface area contributed by atoms with Crippen molar-refractivity contribution in [3.05, 3.63) is 50.6 Å². The van der Waals surface area contributed by atoms with Crippen LogP contribution in [0.1, 0.15) is 32.5 Å². The summed E-state index contributed by atoms with van der Waals surface area (Å²) in [6.45, 7) is 1.94. The Labute approximate surface area is 142 Å². The van der Waals surface area contributed by atoms with Crippen molar-refractivity contribution in [2.45, 2.75) is 19.1 Å². The average Bonchev–Trinajstić information content (AvgIpc) is 2.84. The van der Waals surface area contributed by atoms with E-state index in [2.05, 4.69) is 17.7 Å². The lowest BCUT2D eigenvalue weighted by Gasteiger charge is -2.27. The van der Waals surface area contributed by atoms with Gasteiger partial charge in [0.05, 0.1) is 29.1 Å². The van der Waals surface area contributed by atoms with E-state index in [0.29, 0.717) is 5.02 Å². The third kappa shape index (κ3) is 2.41. The van der Waals surface area contributed by atoms with Crippen LogP contribution in [0.3, 0.4) is 0 Å². The number of hydrogen-bond acceptors (Lipinski definition) is 3. The molecule has 2 aliphatic heterocycles. The minimum atomic E-state index is -0.645. The Morgan fingerprint density at radius 2 is 2.22 bits per heavy atom. The lowest BCUT2D eigenvalue weighted by molar-refractivity contribution is -0.895. The Morgan fingerprint density at radius 3 is 3.00 bits per heavy atom. The molecule has 3 heterocycles. The van der Waals surface area contributed by atoms with Gasteiger partial charge < -0.3 is 15.5 Å². The number of nitrogens with one attached hydrogen (secondary N) is 3. The molecule has 4 rings (SSSR count). The van der Waals surface area contributed by atoms with Gasteiger partial charge in [0, 0.05) is 12.0 Å². The maximum Gasteiger partial charge on any atom is 0.256 e. The average molecular weight is 353 g/mol. The molecule has 0 bridgehead atoms. The number of fused-ring (bicyclic) bond motifs is 3. The summed E-state index contributed by atoms with van der Waals surface area (Å²) in [6, 6.07) is 4.53. The number of thiophene rings is 1. The summed E-state index contributed by atoms with van der Waals surface area (Å²) in [4.78, 5) is 15.3. The first-order valence-electron chi connectivity index (χ1n) is 7.51.